The zero-order valence-electron chi connectivity index (χ0n) is 14.9. The van der Waals surface area contributed by atoms with Crippen molar-refractivity contribution in [3.8, 4) is 5.75 Å². The van der Waals surface area contributed by atoms with Gasteiger partial charge in [-0.05, 0) is 59.8 Å². The van der Waals surface area contributed by atoms with Gasteiger partial charge in [0.1, 0.15) is 5.75 Å². The Hall–Kier alpha value is -3.12. The van der Waals surface area contributed by atoms with Crippen molar-refractivity contribution < 1.29 is 14.3 Å². The number of amides is 2. The van der Waals surface area contributed by atoms with E-state index in [1.54, 1.807) is 30.3 Å². The molecule has 0 aliphatic carbocycles. The Kier molecular flexibility index (Phi) is 6.22. The maximum Gasteiger partial charge on any atom is 0.265 e. The summed E-state index contributed by atoms with van der Waals surface area (Å²) in [4.78, 5) is 24.7. The molecule has 3 aromatic rings. The van der Waals surface area contributed by atoms with E-state index in [0.29, 0.717) is 22.0 Å². The highest BCUT2D eigenvalue weighted by molar-refractivity contribution is 7.12. The molecular weight excluding hydrogens is 360 g/mol. The second-order valence-corrected chi connectivity index (χ2v) is 6.79. The number of benzene rings is 2. The molecule has 0 bridgehead atoms. The van der Waals surface area contributed by atoms with Crippen molar-refractivity contribution in [2.24, 2.45) is 0 Å². The largest absolute Gasteiger partial charge is 0.484 e. The van der Waals surface area contributed by atoms with Crippen molar-refractivity contribution in [3.63, 3.8) is 0 Å². The summed E-state index contributed by atoms with van der Waals surface area (Å²) in [6.45, 7) is 2.02. The van der Waals surface area contributed by atoms with Gasteiger partial charge in [-0.15, -0.1) is 11.3 Å². The number of carbonyl (C=O) groups excluding carboxylic acids is 2. The molecule has 2 N–H and O–H groups in total. The molecule has 0 radical (unpaired) electrons. The lowest BCUT2D eigenvalue weighted by Crippen LogP contribution is -2.20. The number of aryl methyl sites for hydroxylation is 1. The van der Waals surface area contributed by atoms with Crippen molar-refractivity contribution in [1.29, 1.82) is 0 Å². The summed E-state index contributed by atoms with van der Waals surface area (Å²) >= 11 is 1.38. The lowest BCUT2D eigenvalue weighted by Gasteiger charge is -2.09. The van der Waals surface area contributed by atoms with Gasteiger partial charge in [0.2, 0.25) is 0 Å². The Bertz CT molecular complexity index is 888. The molecule has 1 aromatic heterocycles. The van der Waals surface area contributed by atoms with E-state index in [1.165, 1.54) is 16.9 Å². The van der Waals surface area contributed by atoms with Gasteiger partial charge in [0.15, 0.2) is 6.61 Å². The average Bonchev–Trinajstić information content (AvgIpc) is 3.23. The number of ether oxygens (including phenoxy) is 1. The molecule has 2 aromatic carbocycles. The molecule has 0 aliphatic heterocycles. The summed E-state index contributed by atoms with van der Waals surface area (Å²) in [6.07, 6.45) is 0.963. The molecule has 0 atom stereocenters. The Morgan fingerprint density at radius 1 is 0.926 bits per heavy atom. The molecule has 3 rings (SSSR count). The predicted octanol–water partition coefficient (Wildman–Crippen LogP) is 4.58. The molecule has 0 saturated heterocycles. The van der Waals surface area contributed by atoms with E-state index in [4.69, 9.17) is 4.74 Å². The van der Waals surface area contributed by atoms with Crippen LogP contribution < -0.4 is 15.4 Å². The fraction of sp³-hybridized carbons (Fsp3) is 0.143. The highest BCUT2D eigenvalue weighted by Gasteiger charge is 2.08. The predicted molar refractivity (Wildman–Crippen MR) is 109 cm³/mol. The Morgan fingerprint density at radius 2 is 1.59 bits per heavy atom. The van der Waals surface area contributed by atoms with E-state index in [-0.39, 0.29) is 18.4 Å². The first kappa shape index (κ1) is 18.7. The van der Waals surface area contributed by atoms with Crippen LogP contribution in [0.1, 0.15) is 22.2 Å². The Labute approximate surface area is 162 Å². The van der Waals surface area contributed by atoms with Crippen LogP contribution >= 0.6 is 11.3 Å². The van der Waals surface area contributed by atoms with Crippen LogP contribution in [0.2, 0.25) is 0 Å². The molecule has 2 amide bonds. The van der Waals surface area contributed by atoms with Gasteiger partial charge in [0.05, 0.1) is 4.88 Å². The lowest BCUT2D eigenvalue weighted by molar-refractivity contribution is -0.118. The summed E-state index contributed by atoms with van der Waals surface area (Å²) < 4.78 is 5.49. The smallest absolute Gasteiger partial charge is 0.265 e. The maximum absolute atomic E-state index is 12.0. The number of hydrogen-bond donors (Lipinski definition) is 2. The molecule has 138 valence electrons. The SMILES string of the molecule is CCc1ccc(OCC(=O)Nc2ccc(NC(=O)c3cccs3)cc2)cc1. The van der Waals surface area contributed by atoms with Gasteiger partial charge in [-0.25, -0.2) is 0 Å². The molecule has 1 heterocycles. The third kappa shape index (κ3) is 5.43. The minimum atomic E-state index is -0.245. The highest BCUT2D eigenvalue weighted by Crippen LogP contribution is 2.17. The fourth-order valence-corrected chi connectivity index (χ4v) is 3.02. The number of hydrogen-bond acceptors (Lipinski definition) is 4. The molecular formula is C21H20N2O3S. The van der Waals surface area contributed by atoms with Gasteiger partial charge in [-0.2, -0.15) is 0 Å². The molecule has 6 heteroatoms. The van der Waals surface area contributed by atoms with Gasteiger partial charge in [0.25, 0.3) is 11.8 Å². The first-order chi connectivity index (χ1) is 13.1. The van der Waals surface area contributed by atoms with Crippen LogP contribution in [0, 0.1) is 0 Å². The number of thiophene rings is 1. The summed E-state index contributed by atoms with van der Waals surface area (Å²) in [6, 6.07) is 18.2. The highest BCUT2D eigenvalue weighted by atomic mass is 32.1. The standard InChI is InChI=1S/C21H20N2O3S/c1-2-15-5-11-18(12-6-15)26-14-20(24)22-16-7-9-17(10-8-16)23-21(25)19-4-3-13-27-19/h3-13H,2,14H2,1H3,(H,22,24)(H,23,25). The van der Waals surface area contributed by atoms with Crippen LogP contribution in [0.25, 0.3) is 0 Å². The summed E-state index contributed by atoms with van der Waals surface area (Å²) in [5.41, 5.74) is 2.52. The van der Waals surface area contributed by atoms with E-state index in [0.717, 1.165) is 6.42 Å². The van der Waals surface area contributed by atoms with Crippen molar-refractivity contribution in [1.82, 2.24) is 0 Å². The van der Waals surface area contributed by atoms with Crippen molar-refractivity contribution in [2.45, 2.75) is 13.3 Å². The summed E-state index contributed by atoms with van der Waals surface area (Å²) in [7, 11) is 0. The van der Waals surface area contributed by atoms with Crippen LogP contribution in [0.3, 0.4) is 0 Å². The Morgan fingerprint density at radius 3 is 2.19 bits per heavy atom. The van der Waals surface area contributed by atoms with Crippen molar-refractivity contribution >= 4 is 34.5 Å². The monoisotopic (exact) mass is 380 g/mol. The number of rotatable bonds is 7. The summed E-state index contributed by atoms with van der Waals surface area (Å²) in [5.74, 6) is 0.267. The fourth-order valence-electron chi connectivity index (χ4n) is 2.40. The minimum absolute atomic E-state index is 0.0671. The second-order valence-electron chi connectivity index (χ2n) is 5.84. The number of nitrogens with one attached hydrogen (secondary N) is 2. The maximum atomic E-state index is 12.0. The van der Waals surface area contributed by atoms with Gasteiger partial charge in [-0.1, -0.05) is 25.1 Å². The normalized spacial score (nSPS) is 10.3. The van der Waals surface area contributed by atoms with E-state index < -0.39 is 0 Å². The molecule has 5 nitrogen and oxygen atoms in total. The molecule has 27 heavy (non-hydrogen) atoms. The van der Waals surface area contributed by atoms with Crippen LogP contribution in [-0.2, 0) is 11.2 Å². The first-order valence-electron chi connectivity index (χ1n) is 8.60. The van der Waals surface area contributed by atoms with Gasteiger partial charge < -0.3 is 15.4 Å². The number of carbonyl (C=O) groups is 2. The second kappa shape index (κ2) is 9.00. The lowest BCUT2D eigenvalue weighted by atomic mass is 10.2. The topological polar surface area (TPSA) is 67.4 Å². The molecule has 0 fully saturated rings. The van der Waals surface area contributed by atoms with E-state index in [9.17, 15) is 9.59 Å². The van der Waals surface area contributed by atoms with Gasteiger partial charge >= 0.3 is 0 Å². The third-order valence-corrected chi connectivity index (χ3v) is 4.74. The van der Waals surface area contributed by atoms with Crippen LogP contribution in [0.15, 0.2) is 66.0 Å². The van der Waals surface area contributed by atoms with E-state index in [2.05, 4.69) is 17.6 Å². The first-order valence-corrected chi connectivity index (χ1v) is 9.48. The van der Waals surface area contributed by atoms with Crippen LogP contribution in [0.5, 0.6) is 5.75 Å². The average molecular weight is 380 g/mol. The quantitative estimate of drug-likeness (QED) is 0.630. The van der Waals surface area contributed by atoms with Crippen molar-refractivity contribution in [2.75, 3.05) is 17.2 Å². The molecule has 0 saturated carbocycles. The summed E-state index contributed by atoms with van der Waals surface area (Å²) in [5, 5.41) is 7.44. The molecule has 0 unspecified atom stereocenters. The van der Waals surface area contributed by atoms with E-state index in [1.807, 2.05) is 35.7 Å². The third-order valence-electron chi connectivity index (χ3n) is 3.87. The van der Waals surface area contributed by atoms with Crippen LogP contribution in [-0.4, -0.2) is 18.4 Å². The zero-order valence-corrected chi connectivity index (χ0v) is 15.7. The van der Waals surface area contributed by atoms with Gasteiger partial charge in [-0.3, -0.25) is 9.59 Å². The number of anilines is 2. The van der Waals surface area contributed by atoms with Crippen molar-refractivity contribution in [3.05, 3.63) is 76.5 Å². The Balaban J connectivity index is 1.48. The van der Waals surface area contributed by atoms with E-state index >= 15 is 0 Å². The zero-order chi connectivity index (χ0) is 19.1. The molecule has 0 aliphatic rings. The van der Waals surface area contributed by atoms with Gasteiger partial charge in [0, 0.05) is 11.4 Å². The molecule has 0 spiro atoms. The minimum Gasteiger partial charge on any atom is -0.484 e. The van der Waals surface area contributed by atoms with Crippen LogP contribution in [0.4, 0.5) is 11.4 Å².